The van der Waals surface area contributed by atoms with Crippen molar-refractivity contribution < 1.29 is 22.7 Å². The molecule has 0 radical (unpaired) electrons. The van der Waals surface area contributed by atoms with Crippen LogP contribution < -0.4 is 0 Å². The molecule has 100 valence electrons. The van der Waals surface area contributed by atoms with Gasteiger partial charge in [0.25, 0.3) is 0 Å². The molecule has 0 aromatic rings. The van der Waals surface area contributed by atoms with E-state index in [0.29, 0.717) is 26.1 Å². The van der Waals surface area contributed by atoms with Crippen LogP contribution in [-0.2, 0) is 24.1 Å². The molecule has 1 heterocycles. The van der Waals surface area contributed by atoms with Gasteiger partial charge >= 0.3 is 5.97 Å². The summed E-state index contributed by atoms with van der Waals surface area (Å²) in [6, 6.07) is 0. The number of carbonyl (C=O) groups is 1. The van der Waals surface area contributed by atoms with E-state index < -0.39 is 25.8 Å². The maximum atomic E-state index is 12.4. The second kappa shape index (κ2) is 5.35. The molecule has 6 heteroatoms. The molecule has 1 fully saturated rings. The lowest BCUT2D eigenvalue weighted by molar-refractivity contribution is -0.145. The third-order valence-corrected chi connectivity index (χ3v) is 6.02. The minimum atomic E-state index is -3.54. The van der Waals surface area contributed by atoms with Crippen LogP contribution in [0, 0.1) is 0 Å². The van der Waals surface area contributed by atoms with Crippen molar-refractivity contribution in [2.75, 3.05) is 19.8 Å². The highest BCUT2D eigenvalue weighted by molar-refractivity contribution is 7.94. The Labute approximate surface area is 102 Å². The SMILES string of the molecule is CCOC(=O)C(C)(C)S(=O)(=O)C1CCOCC1. The molecule has 1 aliphatic rings. The van der Waals surface area contributed by atoms with Gasteiger partial charge in [0.2, 0.25) is 0 Å². The van der Waals surface area contributed by atoms with Crippen molar-refractivity contribution in [2.45, 2.75) is 43.6 Å². The number of rotatable bonds is 4. The van der Waals surface area contributed by atoms with Crippen LogP contribution in [0.1, 0.15) is 33.6 Å². The molecular formula is C11H20O5S. The molecule has 0 amide bonds. The number of sulfone groups is 1. The molecule has 0 unspecified atom stereocenters. The fraction of sp³-hybridized carbons (Fsp3) is 0.909. The summed E-state index contributed by atoms with van der Waals surface area (Å²) in [7, 11) is -3.54. The predicted octanol–water partition coefficient (Wildman–Crippen LogP) is 0.922. The monoisotopic (exact) mass is 264 g/mol. The number of hydrogen-bond acceptors (Lipinski definition) is 5. The van der Waals surface area contributed by atoms with Gasteiger partial charge in [0.1, 0.15) is 0 Å². The smallest absolute Gasteiger partial charge is 0.326 e. The second-order valence-corrected chi connectivity index (χ2v) is 7.36. The van der Waals surface area contributed by atoms with Crippen molar-refractivity contribution in [3.63, 3.8) is 0 Å². The molecule has 0 spiro atoms. The Hall–Kier alpha value is -0.620. The Kier molecular flexibility index (Phi) is 4.55. The average Bonchev–Trinajstić information content (AvgIpc) is 2.30. The maximum absolute atomic E-state index is 12.4. The highest BCUT2D eigenvalue weighted by Crippen LogP contribution is 2.28. The van der Waals surface area contributed by atoms with Crippen LogP contribution >= 0.6 is 0 Å². The summed E-state index contributed by atoms with van der Waals surface area (Å²) >= 11 is 0. The largest absolute Gasteiger partial charge is 0.465 e. The van der Waals surface area contributed by atoms with Crippen molar-refractivity contribution in [1.29, 1.82) is 0 Å². The molecule has 0 bridgehead atoms. The highest BCUT2D eigenvalue weighted by atomic mass is 32.2. The normalized spacial score (nSPS) is 19.0. The van der Waals surface area contributed by atoms with Crippen LogP contribution in [0.15, 0.2) is 0 Å². The summed E-state index contributed by atoms with van der Waals surface area (Å²) in [5.41, 5.74) is 0. The zero-order valence-corrected chi connectivity index (χ0v) is 11.4. The second-order valence-electron chi connectivity index (χ2n) is 4.59. The molecule has 0 aromatic heterocycles. The van der Waals surface area contributed by atoms with E-state index >= 15 is 0 Å². The molecule has 0 aromatic carbocycles. The summed E-state index contributed by atoms with van der Waals surface area (Å²) < 4.78 is 33.2. The highest BCUT2D eigenvalue weighted by Gasteiger charge is 2.47. The Balaban J connectivity index is 2.90. The predicted molar refractivity (Wildman–Crippen MR) is 63.5 cm³/mol. The zero-order valence-electron chi connectivity index (χ0n) is 10.6. The van der Waals surface area contributed by atoms with E-state index in [2.05, 4.69) is 0 Å². The lowest BCUT2D eigenvalue weighted by Crippen LogP contribution is -2.48. The Bertz CT molecular complexity index is 365. The quantitative estimate of drug-likeness (QED) is 0.706. The first-order valence-electron chi connectivity index (χ1n) is 5.82. The van der Waals surface area contributed by atoms with Crippen molar-refractivity contribution in [2.24, 2.45) is 0 Å². The summed E-state index contributed by atoms with van der Waals surface area (Å²) in [4.78, 5) is 11.7. The van der Waals surface area contributed by atoms with Crippen LogP contribution in [0.4, 0.5) is 0 Å². The van der Waals surface area contributed by atoms with Gasteiger partial charge in [-0.15, -0.1) is 0 Å². The van der Waals surface area contributed by atoms with E-state index in [0.717, 1.165) is 0 Å². The van der Waals surface area contributed by atoms with Gasteiger partial charge in [-0.05, 0) is 33.6 Å². The van der Waals surface area contributed by atoms with Crippen molar-refractivity contribution in [3.8, 4) is 0 Å². The lowest BCUT2D eigenvalue weighted by atomic mass is 10.2. The number of hydrogen-bond donors (Lipinski definition) is 0. The minimum Gasteiger partial charge on any atom is -0.465 e. The Morgan fingerprint density at radius 1 is 1.35 bits per heavy atom. The molecule has 1 saturated heterocycles. The first kappa shape index (κ1) is 14.4. The van der Waals surface area contributed by atoms with Crippen LogP contribution in [0.25, 0.3) is 0 Å². The van der Waals surface area contributed by atoms with Gasteiger partial charge in [-0.2, -0.15) is 0 Å². The average molecular weight is 264 g/mol. The Morgan fingerprint density at radius 2 is 1.88 bits per heavy atom. The standard InChI is InChI=1S/C11H20O5S/c1-4-16-10(12)11(2,3)17(13,14)9-5-7-15-8-6-9/h9H,4-8H2,1-3H3. The first-order chi connectivity index (χ1) is 7.84. The van der Waals surface area contributed by atoms with Gasteiger partial charge in [0, 0.05) is 13.2 Å². The van der Waals surface area contributed by atoms with Gasteiger partial charge in [0.05, 0.1) is 11.9 Å². The van der Waals surface area contributed by atoms with Crippen LogP contribution in [0.5, 0.6) is 0 Å². The van der Waals surface area contributed by atoms with E-state index in [-0.39, 0.29) is 6.61 Å². The molecule has 0 aliphatic carbocycles. The van der Waals surface area contributed by atoms with E-state index in [1.54, 1.807) is 6.92 Å². The van der Waals surface area contributed by atoms with Crippen molar-refractivity contribution in [1.82, 2.24) is 0 Å². The summed E-state index contributed by atoms with van der Waals surface area (Å²) in [5.74, 6) is -0.675. The first-order valence-corrected chi connectivity index (χ1v) is 7.37. The topological polar surface area (TPSA) is 69.7 Å². The molecular weight excluding hydrogens is 244 g/mol. The molecule has 17 heavy (non-hydrogen) atoms. The summed E-state index contributed by atoms with van der Waals surface area (Å²) in [6.07, 6.45) is 0.899. The van der Waals surface area contributed by atoms with Gasteiger partial charge in [0.15, 0.2) is 14.6 Å². The number of esters is 1. The maximum Gasteiger partial charge on any atom is 0.326 e. The van der Waals surface area contributed by atoms with Crippen LogP contribution in [0.2, 0.25) is 0 Å². The summed E-state index contributed by atoms with van der Waals surface area (Å²) in [5, 5.41) is -0.504. The van der Waals surface area contributed by atoms with Gasteiger partial charge in [-0.1, -0.05) is 0 Å². The third-order valence-electron chi connectivity index (χ3n) is 3.09. The molecule has 1 rings (SSSR count). The zero-order chi connectivity index (χ0) is 13.1. The van der Waals surface area contributed by atoms with E-state index in [1.807, 2.05) is 0 Å². The molecule has 0 atom stereocenters. The van der Waals surface area contributed by atoms with Crippen molar-refractivity contribution >= 4 is 15.8 Å². The van der Waals surface area contributed by atoms with E-state index in [4.69, 9.17) is 9.47 Å². The number of carbonyl (C=O) groups excluding carboxylic acids is 1. The lowest BCUT2D eigenvalue weighted by Gasteiger charge is -2.30. The van der Waals surface area contributed by atoms with Gasteiger partial charge < -0.3 is 9.47 Å². The Morgan fingerprint density at radius 3 is 2.35 bits per heavy atom. The van der Waals surface area contributed by atoms with E-state index in [1.165, 1.54) is 13.8 Å². The van der Waals surface area contributed by atoms with E-state index in [9.17, 15) is 13.2 Å². The third kappa shape index (κ3) is 2.80. The molecule has 0 N–H and O–H groups in total. The minimum absolute atomic E-state index is 0.186. The molecule has 0 saturated carbocycles. The van der Waals surface area contributed by atoms with Crippen LogP contribution in [-0.4, -0.2) is 44.2 Å². The molecule has 5 nitrogen and oxygen atoms in total. The van der Waals surface area contributed by atoms with Gasteiger partial charge in [-0.3, -0.25) is 4.79 Å². The molecule has 1 aliphatic heterocycles. The summed E-state index contributed by atoms with van der Waals surface area (Å²) in [6.45, 7) is 5.54. The fourth-order valence-electron chi connectivity index (χ4n) is 1.82. The number of ether oxygens (including phenoxy) is 2. The van der Waals surface area contributed by atoms with Crippen molar-refractivity contribution in [3.05, 3.63) is 0 Å². The van der Waals surface area contributed by atoms with Crippen LogP contribution in [0.3, 0.4) is 0 Å². The fourth-order valence-corrected chi connectivity index (χ4v) is 3.76. The van der Waals surface area contributed by atoms with Gasteiger partial charge in [-0.25, -0.2) is 8.42 Å².